The molecule has 0 amide bonds. The van der Waals surface area contributed by atoms with Gasteiger partial charge in [-0.25, -0.2) is 4.98 Å². The van der Waals surface area contributed by atoms with Gasteiger partial charge in [-0.1, -0.05) is 12.2 Å². The number of anilines is 1. The minimum absolute atomic E-state index is 0.551. The van der Waals surface area contributed by atoms with Crippen LogP contribution in [-0.2, 0) is 0 Å². The predicted molar refractivity (Wildman–Crippen MR) is 69.8 cm³/mol. The number of nitrogens with zero attached hydrogens (tertiary/aromatic N) is 1. The maximum absolute atomic E-state index is 5.09. The lowest BCUT2D eigenvalue weighted by molar-refractivity contribution is 0.398. The number of thiocarbonyl (C=S) groups is 1. The molecule has 0 radical (unpaired) electrons. The van der Waals surface area contributed by atoms with Crippen LogP contribution in [-0.4, -0.2) is 23.8 Å². The first-order chi connectivity index (χ1) is 7.61. The summed E-state index contributed by atoms with van der Waals surface area (Å²) in [5, 5.41) is 6.58. The van der Waals surface area contributed by atoms with Crippen LogP contribution in [0.2, 0.25) is 0 Å². The van der Waals surface area contributed by atoms with Crippen LogP contribution in [0.4, 0.5) is 5.69 Å². The molecule has 0 saturated heterocycles. The highest BCUT2D eigenvalue weighted by atomic mass is 32.1. The van der Waals surface area contributed by atoms with E-state index in [1.165, 1.54) is 0 Å². The molecule has 5 heteroatoms. The second-order valence-electron chi connectivity index (χ2n) is 3.35. The minimum atomic E-state index is 0.551. The number of hydrogen-bond donors (Lipinski definition) is 2. The molecule has 0 aromatic carbocycles. The van der Waals surface area contributed by atoms with Gasteiger partial charge in [-0.2, -0.15) is 0 Å². The number of rotatable bonds is 4. The second kappa shape index (κ2) is 6.07. The topological polar surface area (TPSA) is 46.2 Å². The zero-order valence-electron chi connectivity index (χ0n) is 9.41. The highest BCUT2D eigenvalue weighted by molar-refractivity contribution is 7.80. The van der Waals surface area contributed by atoms with E-state index in [2.05, 4.69) is 22.2 Å². The van der Waals surface area contributed by atoms with E-state index in [1.807, 2.05) is 13.0 Å². The molecule has 86 valence electrons. The maximum Gasteiger partial charge on any atom is 0.213 e. The number of pyridine rings is 1. The van der Waals surface area contributed by atoms with Crippen molar-refractivity contribution in [3.63, 3.8) is 0 Å². The lowest BCUT2D eigenvalue weighted by atomic mass is 10.3. The van der Waals surface area contributed by atoms with Crippen molar-refractivity contribution in [1.29, 1.82) is 0 Å². The second-order valence-corrected chi connectivity index (χ2v) is 3.76. The Bertz CT molecular complexity index is 375. The molecular weight excluding hydrogens is 222 g/mol. The summed E-state index contributed by atoms with van der Waals surface area (Å²) >= 11 is 5.09. The molecule has 0 unspecified atom stereocenters. The van der Waals surface area contributed by atoms with Crippen molar-refractivity contribution in [3.05, 3.63) is 30.5 Å². The highest BCUT2D eigenvalue weighted by Crippen LogP contribution is 2.10. The van der Waals surface area contributed by atoms with Gasteiger partial charge < -0.3 is 15.4 Å². The Hall–Kier alpha value is -1.62. The molecule has 0 aliphatic heterocycles. The standard InChI is InChI=1S/C11H15N3OS/c1-8(2)6-13-11(16)14-9-4-5-10(15-3)12-7-9/h4-5,7H,1,6H2,2-3H3,(H2,13,14,16). The lowest BCUT2D eigenvalue weighted by Crippen LogP contribution is -2.29. The van der Waals surface area contributed by atoms with Crippen molar-refractivity contribution < 1.29 is 4.74 Å². The number of nitrogens with one attached hydrogen (secondary N) is 2. The Kier molecular flexibility index (Phi) is 4.72. The molecule has 1 aromatic heterocycles. The molecule has 0 bridgehead atoms. The zero-order valence-corrected chi connectivity index (χ0v) is 10.2. The van der Waals surface area contributed by atoms with Crippen LogP contribution in [0, 0.1) is 0 Å². The predicted octanol–water partition coefficient (Wildman–Crippen LogP) is 1.95. The number of ether oxygens (including phenoxy) is 1. The van der Waals surface area contributed by atoms with Gasteiger partial charge in [0.2, 0.25) is 5.88 Å². The van der Waals surface area contributed by atoms with E-state index >= 15 is 0 Å². The molecule has 1 rings (SSSR count). The average molecular weight is 237 g/mol. The maximum atomic E-state index is 5.09. The molecule has 0 spiro atoms. The van der Waals surface area contributed by atoms with Crippen molar-refractivity contribution in [3.8, 4) is 5.88 Å². The van der Waals surface area contributed by atoms with Crippen LogP contribution < -0.4 is 15.4 Å². The first-order valence-corrected chi connectivity index (χ1v) is 5.22. The fourth-order valence-corrected chi connectivity index (χ4v) is 1.17. The van der Waals surface area contributed by atoms with Crippen molar-refractivity contribution >= 4 is 23.0 Å². The van der Waals surface area contributed by atoms with Crippen LogP contribution in [0.3, 0.4) is 0 Å². The van der Waals surface area contributed by atoms with Crippen LogP contribution in [0.1, 0.15) is 6.92 Å². The van der Waals surface area contributed by atoms with E-state index in [4.69, 9.17) is 17.0 Å². The average Bonchev–Trinajstić information content (AvgIpc) is 2.27. The van der Waals surface area contributed by atoms with Crippen molar-refractivity contribution in [2.24, 2.45) is 0 Å². The monoisotopic (exact) mass is 237 g/mol. The van der Waals surface area contributed by atoms with E-state index in [1.54, 1.807) is 19.4 Å². The Morgan fingerprint density at radius 3 is 2.81 bits per heavy atom. The summed E-state index contributed by atoms with van der Waals surface area (Å²) in [6.07, 6.45) is 1.66. The summed E-state index contributed by atoms with van der Waals surface area (Å²) in [5.74, 6) is 0.575. The SMILES string of the molecule is C=C(C)CNC(=S)Nc1ccc(OC)nc1. The van der Waals surface area contributed by atoms with Gasteiger partial charge in [-0.15, -0.1) is 0 Å². The van der Waals surface area contributed by atoms with Gasteiger partial charge in [0.25, 0.3) is 0 Å². The normalized spacial score (nSPS) is 9.38. The Morgan fingerprint density at radius 1 is 1.56 bits per heavy atom. The molecule has 1 aromatic rings. The van der Waals surface area contributed by atoms with Crippen molar-refractivity contribution in [2.75, 3.05) is 19.0 Å². The van der Waals surface area contributed by atoms with Gasteiger partial charge in [0.15, 0.2) is 5.11 Å². The third-order valence-electron chi connectivity index (χ3n) is 1.75. The van der Waals surface area contributed by atoms with E-state index in [9.17, 15) is 0 Å². The molecule has 4 nitrogen and oxygen atoms in total. The quantitative estimate of drug-likeness (QED) is 0.619. The summed E-state index contributed by atoms with van der Waals surface area (Å²) in [7, 11) is 1.58. The first kappa shape index (κ1) is 12.4. The lowest BCUT2D eigenvalue weighted by Gasteiger charge is -2.10. The fraction of sp³-hybridized carbons (Fsp3) is 0.273. The third-order valence-corrected chi connectivity index (χ3v) is 2.00. The molecule has 16 heavy (non-hydrogen) atoms. The number of methoxy groups -OCH3 is 1. The Morgan fingerprint density at radius 2 is 2.31 bits per heavy atom. The van der Waals surface area contributed by atoms with E-state index < -0.39 is 0 Å². The first-order valence-electron chi connectivity index (χ1n) is 4.81. The molecule has 2 N–H and O–H groups in total. The number of aromatic nitrogens is 1. The summed E-state index contributed by atoms with van der Waals surface area (Å²) in [6, 6.07) is 3.62. The minimum Gasteiger partial charge on any atom is -0.481 e. The van der Waals surface area contributed by atoms with Crippen LogP contribution in [0.25, 0.3) is 0 Å². The zero-order chi connectivity index (χ0) is 12.0. The summed E-state index contributed by atoms with van der Waals surface area (Å²) in [4.78, 5) is 4.06. The molecule has 0 atom stereocenters. The summed E-state index contributed by atoms with van der Waals surface area (Å²) < 4.78 is 4.95. The third kappa shape index (κ3) is 4.27. The molecule has 0 saturated carbocycles. The van der Waals surface area contributed by atoms with Gasteiger partial charge in [0.1, 0.15) is 0 Å². The molecule has 0 fully saturated rings. The Labute approximate surface area is 101 Å². The molecule has 0 aliphatic rings. The molecule has 0 aliphatic carbocycles. The van der Waals surface area contributed by atoms with Gasteiger partial charge >= 0.3 is 0 Å². The van der Waals surface area contributed by atoms with Gasteiger partial charge in [0, 0.05) is 12.6 Å². The van der Waals surface area contributed by atoms with Crippen molar-refractivity contribution in [2.45, 2.75) is 6.92 Å². The van der Waals surface area contributed by atoms with Gasteiger partial charge in [-0.05, 0) is 25.2 Å². The largest absolute Gasteiger partial charge is 0.481 e. The van der Waals surface area contributed by atoms with E-state index in [0.717, 1.165) is 11.3 Å². The van der Waals surface area contributed by atoms with Crippen molar-refractivity contribution in [1.82, 2.24) is 10.3 Å². The number of hydrogen-bond acceptors (Lipinski definition) is 3. The Balaban J connectivity index is 2.46. The molecule has 1 heterocycles. The summed E-state index contributed by atoms with van der Waals surface area (Å²) in [6.45, 7) is 6.38. The van der Waals surface area contributed by atoms with Crippen LogP contribution >= 0.6 is 12.2 Å². The fourth-order valence-electron chi connectivity index (χ4n) is 0.981. The summed E-state index contributed by atoms with van der Waals surface area (Å²) in [5.41, 5.74) is 1.84. The van der Waals surface area contributed by atoms with E-state index in [0.29, 0.717) is 17.5 Å². The van der Waals surface area contributed by atoms with E-state index in [-0.39, 0.29) is 0 Å². The molecular formula is C11H15N3OS. The van der Waals surface area contributed by atoms with Crippen LogP contribution in [0.15, 0.2) is 30.5 Å². The van der Waals surface area contributed by atoms with Gasteiger partial charge in [-0.3, -0.25) is 0 Å². The van der Waals surface area contributed by atoms with Gasteiger partial charge in [0.05, 0.1) is 19.0 Å². The highest BCUT2D eigenvalue weighted by Gasteiger charge is 1.98. The smallest absolute Gasteiger partial charge is 0.213 e. The van der Waals surface area contributed by atoms with Crippen LogP contribution in [0.5, 0.6) is 5.88 Å².